The number of ether oxygens (including phenoxy) is 1. The van der Waals surface area contributed by atoms with Crippen molar-refractivity contribution in [2.75, 3.05) is 0 Å². The van der Waals surface area contributed by atoms with Crippen molar-refractivity contribution in [2.24, 2.45) is 11.8 Å². The van der Waals surface area contributed by atoms with E-state index in [1.165, 1.54) is 19.1 Å². The van der Waals surface area contributed by atoms with E-state index in [1.54, 1.807) is 0 Å². The van der Waals surface area contributed by atoms with E-state index in [9.17, 15) is 14.0 Å². The van der Waals surface area contributed by atoms with Crippen LogP contribution in [0.5, 0.6) is 0 Å². The van der Waals surface area contributed by atoms with Crippen molar-refractivity contribution in [2.45, 2.75) is 52.2 Å². The minimum Gasteiger partial charge on any atom is -0.449 e. The third kappa shape index (κ3) is 4.47. The van der Waals surface area contributed by atoms with Crippen molar-refractivity contribution >= 4 is 23.5 Å². The summed E-state index contributed by atoms with van der Waals surface area (Å²) < 4.78 is 18.8. The lowest BCUT2D eigenvalue weighted by Crippen LogP contribution is -2.47. The zero-order valence-electron chi connectivity index (χ0n) is 14.1. The maximum Gasteiger partial charge on any atom is 0.341 e. The molecule has 0 heterocycles. The number of halogens is 2. The van der Waals surface area contributed by atoms with E-state index < -0.39 is 17.9 Å². The van der Waals surface area contributed by atoms with Gasteiger partial charge in [-0.3, -0.25) is 4.79 Å². The minimum absolute atomic E-state index is 0.0744. The van der Waals surface area contributed by atoms with Crippen molar-refractivity contribution in [3.63, 3.8) is 0 Å². The fourth-order valence-corrected chi connectivity index (χ4v) is 3.19. The van der Waals surface area contributed by atoms with Gasteiger partial charge < -0.3 is 10.1 Å². The molecule has 24 heavy (non-hydrogen) atoms. The maximum atomic E-state index is 13.7. The molecule has 0 bridgehead atoms. The average molecular weight is 356 g/mol. The lowest BCUT2D eigenvalue weighted by Gasteiger charge is -2.35. The van der Waals surface area contributed by atoms with Gasteiger partial charge in [0.25, 0.3) is 5.91 Å². The summed E-state index contributed by atoms with van der Waals surface area (Å²) in [5.41, 5.74) is -0.276. The van der Waals surface area contributed by atoms with Crippen molar-refractivity contribution in [1.82, 2.24) is 5.32 Å². The molecule has 1 N–H and O–H groups in total. The molecule has 1 saturated carbocycles. The molecular formula is C18H23ClFNO3. The van der Waals surface area contributed by atoms with E-state index in [0.717, 1.165) is 25.3 Å². The van der Waals surface area contributed by atoms with Gasteiger partial charge in [0.1, 0.15) is 5.82 Å². The second kappa shape index (κ2) is 7.97. The Kier molecular flexibility index (Phi) is 6.21. The Labute approximate surface area is 146 Å². The Morgan fingerprint density at radius 2 is 2.04 bits per heavy atom. The molecule has 2 rings (SSSR count). The molecule has 6 heteroatoms. The summed E-state index contributed by atoms with van der Waals surface area (Å²) >= 11 is 5.76. The number of hydrogen-bond donors (Lipinski definition) is 1. The number of amides is 1. The third-order valence-electron chi connectivity index (χ3n) is 4.84. The van der Waals surface area contributed by atoms with Crippen LogP contribution >= 0.6 is 11.6 Å². The largest absolute Gasteiger partial charge is 0.449 e. The summed E-state index contributed by atoms with van der Waals surface area (Å²) in [6, 6.07) is 3.70. The molecule has 1 aromatic rings. The van der Waals surface area contributed by atoms with Crippen LogP contribution in [0.2, 0.25) is 5.02 Å². The maximum absolute atomic E-state index is 13.7. The molecule has 1 aliphatic carbocycles. The Morgan fingerprint density at radius 3 is 2.75 bits per heavy atom. The van der Waals surface area contributed by atoms with Crippen molar-refractivity contribution < 1.29 is 18.7 Å². The smallest absolute Gasteiger partial charge is 0.341 e. The summed E-state index contributed by atoms with van der Waals surface area (Å²) in [6.45, 7) is 5.77. The zero-order chi connectivity index (χ0) is 17.9. The first kappa shape index (κ1) is 18.7. The monoisotopic (exact) mass is 355 g/mol. The molecule has 1 amide bonds. The third-order valence-corrected chi connectivity index (χ3v) is 5.07. The first-order chi connectivity index (χ1) is 11.3. The van der Waals surface area contributed by atoms with Gasteiger partial charge in [0.15, 0.2) is 6.10 Å². The summed E-state index contributed by atoms with van der Waals surface area (Å²) in [5, 5.41) is 3.17. The Hall–Kier alpha value is -1.62. The van der Waals surface area contributed by atoms with Crippen molar-refractivity contribution in [3.8, 4) is 0 Å². The van der Waals surface area contributed by atoms with Crippen LogP contribution in [-0.4, -0.2) is 24.0 Å². The molecule has 4 atom stereocenters. The number of carbonyl (C=O) groups is 2. The van der Waals surface area contributed by atoms with Crippen LogP contribution in [-0.2, 0) is 9.53 Å². The van der Waals surface area contributed by atoms with Gasteiger partial charge in [0, 0.05) is 11.1 Å². The molecule has 4 nitrogen and oxygen atoms in total. The molecule has 1 aromatic carbocycles. The highest BCUT2D eigenvalue weighted by Gasteiger charge is 2.30. The highest BCUT2D eigenvalue weighted by atomic mass is 35.5. The number of esters is 1. The van der Waals surface area contributed by atoms with Crippen molar-refractivity contribution in [1.29, 1.82) is 0 Å². The molecule has 1 aliphatic rings. The zero-order valence-corrected chi connectivity index (χ0v) is 14.9. The molecule has 0 spiro atoms. The van der Waals surface area contributed by atoms with E-state index in [-0.39, 0.29) is 22.5 Å². The summed E-state index contributed by atoms with van der Waals surface area (Å²) in [6.07, 6.45) is 2.14. The molecule has 0 saturated heterocycles. The molecule has 132 valence electrons. The minimum atomic E-state index is -1.000. The van der Waals surface area contributed by atoms with Gasteiger partial charge in [-0.15, -0.1) is 0 Å². The summed E-state index contributed by atoms with van der Waals surface area (Å²) in [7, 11) is 0. The van der Waals surface area contributed by atoms with Crippen LogP contribution in [0.1, 0.15) is 50.4 Å². The van der Waals surface area contributed by atoms with Gasteiger partial charge in [-0.25, -0.2) is 9.18 Å². The van der Waals surface area contributed by atoms with Gasteiger partial charge >= 0.3 is 5.97 Å². The molecule has 0 radical (unpaired) electrons. The predicted molar refractivity (Wildman–Crippen MR) is 90.4 cm³/mol. The fourth-order valence-electron chi connectivity index (χ4n) is 3.02. The number of rotatable bonds is 4. The molecule has 0 unspecified atom stereocenters. The van der Waals surface area contributed by atoms with Crippen LogP contribution in [0.25, 0.3) is 0 Å². The van der Waals surface area contributed by atoms with Crippen LogP contribution in [0, 0.1) is 17.7 Å². The van der Waals surface area contributed by atoms with Crippen LogP contribution in [0.3, 0.4) is 0 Å². The van der Waals surface area contributed by atoms with Crippen LogP contribution in [0.4, 0.5) is 4.39 Å². The normalized spacial score (nSPS) is 25.0. The average Bonchev–Trinajstić information content (AvgIpc) is 2.53. The van der Waals surface area contributed by atoms with E-state index in [0.29, 0.717) is 11.8 Å². The van der Waals surface area contributed by atoms with Crippen LogP contribution < -0.4 is 5.32 Å². The number of benzene rings is 1. The molecule has 1 fully saturated rings. The second-order valence-electron chi connectivity index (χ2n) is 6.55. The Morgan fingerprint density at radius 1 is 1.33 bits per heavy atom. The highest BCUT2D eigenvalue weighted by Crippen LogP contribution is 2.29. The highest BCUT2D eigenvalue weighted by molar-refractivity contribution is 6.30. The Bertz CT molecular complexity index is 622. The first-order valence-electron chi connectivity index (χ1n) is 8.26. The summed E-state index contributed by atoms with van der Waals surface area (Å²) in [5.74, 6) is -1.08. The molecule has 0 aliphatic heterocycles. The van der Waals surface area contributed by atoms with E-state index in [4.69, 9.17) is 16.3 Å². The molecular weight excluding hydrogens is 333 g/mol. The fraction of sp³-hybridized carbons (Fsp3) is 0.556. The summed E-state index contributed by atoms with van der Waals surface area (Å²) in [4.78, 5) is 24.3. The van der Waals surface area contributed by atoms with Crippen molar-refractivity contribution in [3.05, 3.63) is 34.6 Å². The first-order valence-corrected chi connectivity index (χ1v) is 8.63. The number of carbonyl (C=O) groups excluding carboxylic acids is 2. The van der Waals surface area contributed by atoms with E-state index in [2.05, 4.69) is 19.2 Å². The topological polar surface area (TPSA) is 55.4 Å². The van der Waals surface area contributed by atoms with E-state index >= 15 is 0 Å². The Balaban J connectivity index is 1.96. The molecule has 0 aromatic heterocycles. The van der Waals surface area contributed by atoms with Gasteiger partial charge in [0.2, 0.25) is 0 Å². The lowest BCUT2D eigenvalue weighted by atomic mass is 9.78. The van der Waals surface area contributed by atoms with Gasteiger partial charge in [0.05, 0.1) is 5.56 Å². The standard InChI is InChI=1S/C18H23ClFNO3/c1-10-5-4-6-16(11(10)2)21-17(22)12(3)24-18(23)14-9-13(19)7-8-15(14)20/h7-12,16H,4-6H2,1-3H3,(H,21,22)/t10-,11+,12+,16-/m0/s1. The quantitative estimate of drug-likeness (QED) is 0.831. The van der Waals surface area contributed by atoms with Crippen LogP contribution in [0.15, 0.2) is 18.2 Å². The number of nitrogens with one attached hydrogen (secondary N) is 1. The van der Waals surface area contributed by atoms with Gasteiger partial charge in [-0.2, -0.15) is 0 Å². The van der Waals surface area contributed by atoms with E-state index in [1.807, 2.05) is 0 Å². The lowest BCUT2D eigenvalue weighted by molar-refractivity contribution is -0.130. The predicted octanol–water partition coefficient (Wildman–Crippen LogP) is 3.97. The SMILES string of the molecule is C[C@H]1[C@@H](NC(=O)[C@@H](C)OC(=O)c2cc(Cl)ccc2F)CCC[C@@H]1C. The second-order valence-corrected chi connectivity index (χ2v) is 6.99. The van der Waals surface area contributed by atoms with Gasteiger partial charge in [-0.05, 0) is 43.4 Å². The van der Waals surface area contributed by atoms with Gasteiger partial charge in [-0.1, -0.05) is 38.3 Å². The number of hydrogen-bond acceptors (Lipinski definition) is 3.